The van der Waals surface area contributed by atoms with Crippen molar-refractivity contribution in [1.82, 2.24) is 15.2 Å². The maximum atomic E-state index is 12.2. The summed E-state index contributed by atoms with van der Waals surface area (Å²) >= 11 is 1.61. The van der Waals surface area contributed by atoms with Gasteiger partial charge in [-0.2, -0.15) is 0 Å². The number of nitrogens with one attached hydrogen (secondary N) is 1. The second kappa shape index (κ2) is 6.14. The van der Waals surface area contributed by atoms with Crippen LogP contribution in [0.1, 0.15) is 30.5 Å². The highest BCUT2D eigenvalue weighted by Crippen LogP contribution is 2.12. The Bertz CT molecular complexity index is 472. The van der Waals surface area contributed by atoms with Crippen molar-refractivity contribution in [2.24, 2.45) is 0 Å². The Labute approximate surface area is 117 Å². The number of piperazine rings is 1. The molecular weight excluding hydrogens is 262 g/mol. The van der Waals surface area contributed by atoms with E-state index < -0.39 is 0 Å². The predicted octanol–water partition coefficient (Wildman–Crippen LogP) is 1.12. The highest BCUT2D eigenvalue weighted by molar-refractivity contribution is 7.09. The Morgan fingerprint density at radius 3 is 2.95 bits per heavy atom. The second-order valence-corrected chi connectivity index (χ2v) is 5.84. The number of carbonyl (C=O) groups is 2. The van der Waals surface area contributed by atoms with Gasteiger partial charge in [-0.05, 0) is 13.3 Å². The lowest BCUT2D eigenvalue weighted by atomic mass is 10.1. The molecule has 5 nitrogen and oxygen atoms in total. The van der Waals surface area contributed by atoms with Crippen molar-refractivity contribution < 1.29 is 9.59 Å². The maximum Gasteiger partial charge on any atom is 0.245 e. The van der Waals surface area contributed by atoms with Gasteiger partial charge in [-0.1, -0.05) is 13.3 Å². The average Bonchev–Trinajstić information content (AvgIpc) is 2.78. The van der Waals surface area contributed by atoms with Gasteiger partial charge >= 0.3 is 0 Å². The summed E-state index contributed by atoms with van der Waals surface area (Å²) in [7, 11) is 0. The van der Waals surface area contributed by atoms with Crippen LogP contribution in [0.5, 0.6) is 0 Å². The van der Waals surface area contributed by atoms with E-state index in [9.17, 15) is 9.59 Å². The van der Waals surface area contributed by atoms with E-state index in [4.69, 9.17) is 0 Å². The van der Waals surface area contributed by atoms with Crippen LogP contribution in [0.25, 0.3) is 0 Å². The molecule has 2 rings (SSSR count). The number of hydrogen-bond acceptors (Lipinski definition) is 4. The molecular formula is C13H19N3O2S. The largest absolute Gasteiger partial charge is 0.343 e. The van der Waals surface area contributed by atoms with E-state index in [1.54, 1.807) is 16.2 Å². The normalized spacial score (nSPS) is 19.7. The van der Waals surface area contributed by atoms with Crippen LogP contribution in [-0.4, -0.2) is 40.8 Å². The lowest BCUT2D eigenvalue weighted by Gasteiger charge is -2.32. The van der Waals surface area contributed by atoms with Gasteiger partial charge in [-0.15, -0.1) is 11.3 Å². The third-order valence-corrected chi connectivity index (χ3v) is 3.98. The van der Waals surface area contributed by atoms with Crippen molar-refractivity contribution in [1.29, 1.82) is 0 Å². The zero-order valence-corrected chi connectivity index (χ0v) is 12.1. The van der Waals surface area contributed by atoms with Crippen molar-refractivity contribution in [3.05, 3.63) is 16.1 Å². The molecule has 0 spiro atoms. The summed E-state index contributed by atoms with van der Waals surface area (Å²) in [6.07, 6.45) is 2.30. The van der Waals surface area contributed by atoms with E-state index in [1.165, 1.54) is 0 Å². The van der Waals surface area contributed by atoms with Gasteiger partial charge in [-0.3, -0.25) is 9.59 Å². The number of aryl methyl sites for hydroxylation is 1. The number of carbonyl (C=O) groups excluding carboxylic acids is 2. The van der Waals surface area contributed by atoms with Crippen molar-refractivity contribution in [3.8, 4) is 0 Å². The lowest BCUT2D eigenvalue weighted by Crippen LogP contribution is -2.58. The minimum Gasteiger partial charge on any atom is -0.343 e. The van der Waals surface area contributed by atoms with Gasteiger partial charge < -0.3 is 10.2 Å². The molecule has 1 N–H and O–H groups in total. The molecule has 0 bridgehead atoms. The number of nitrogens with zero attached hydrogens (tertiary/aromatic N) is 2. The zero-order valence-electron chi connectivity index (χ0n) is 11.3. The van der Waals surface area contributed by atoms with Crippen LogP contribution < -0.4 is 5.32 Å². The minimum absolute atomic E-state index is 0.0356. The van der Waals surface area contributed by atoms with Gasteiger partial charge in [0.2, 0.25) is 11.8 Å². The summed E-state index contributed by atoms with van der Waals surface area (Å²) in [4.78, 5) is 29.8. The van der Waals surface area contributed by atoms with Gasteiger partial charge in [0.1, 0.15) is 6.04 Å². The predicted molar refractivity (Wildman–Crippen MR) is 74.0 cm³/mol. The highest BCUT2D eigenvalue weighted by Gasteiger charge is 2.31. The quantitative estimate of drug-likeness (QED) is 0.880. The zero-order chi connectivity index (χ0) is 13.8. The Hall–Kier alpha value is -1.43. The molecule has 2 heterocycles. The number of rotatable bonds is 5. The molecule has 6 heteroatoms. The number of hydrogen-bond donors (Lipinski definition) is 1. The van der Waals surface area contributed by atoms with Crippen LogP contribution in [0.3, 0.4) is 0 Å². The Kier molecular flexibility index (Phi) is 4.52. The van der Waals surface area contributed by atoms with E-state index in [0.29, 0.717) is 19.4 Å². The van der Waals surface area contributed by atoms with Crippen molar-refractivity contribution in [2.75, 3.05) is 13.1 Å². The maximum absolute atomic E-state index is 12.2. The first-order chi connectivity index (χ1) is 9.10. The van der Waals surface area contributed by atoms with Gasteiger partial charge in [0.25, 0.3) is 0 Å². The summed E-state index contributed by atoms with van der Waals surface area (Å²) in [5.41, 5.74) is 0.994. The fourth-order valence-electron chi connectivity index (χ4n) is 2.22. The van der Waals surface area contributed by atoms with E-state index >= 15 is 0 Å². The van der Waals surface area contributed by atoms with Crippen LogP contribution in [0.15, 0.2) is 5.38 Å². The van der Waals surface area contributed by atoms with Gasteiger partial charge in [0.15, 0.2) is 0 Å². The first kappa shape index (κ1) is 14.0. The van der Waals surface area contributed by atoms with Crippen molar-refractivity contribution in [3.63, 3.8) is 0 Å². The molecule has 1 aromatic rings. The molecule has 0 aromatic carbocycles. The van der Waals surface area contributed by atoms with E-state index in [1.807, 2.05) is 19.2 Å². The minimum atomic E-state index is -0.344. The third kappa shape index (κ3) is 3.53. The second-order valence-electron chi connectivity index (χ2n) is 4.78. The standard InChI is InChI=1S/C13H19N3O2S/c1-3-4-11-13(18)16(7-12(17)15-11)6-5-10-8-19-9(2)14-10/h8,11H,3-7H2,1-2H3,(H,15,17). The Morgan fingerprint density at radius 1 is 1.53 bits per heavy atom. The molecule has 1 fully saturated rings. The number of thiazole rings is 1. The molecule has 1 aliphatic heterocycles. The first-order valence-electron chi connectivity index (χ1n) is 6.59. The molecule has 1 unspecified atom stereocenters. The molecule has 1 aliphatic rings. The topological polar surface area (TPSA) is 62.3 Å². The highest BCUT2D eigenvalue weighted by atomic mass is 32.1. The van der Waals surface area contributed by atoms with Crippen LogP contribution in [0.2, 0.25) is 0 Å². The molecule has 19 heavy (non-hydrogen) atoms. The number of aromatic nitrogens is 1. The molecule has 0 radical (unpaired) electrons. The van der Waals surface area contributed by atoms with Crippen LogP contribution in [-0.2, 0) is 16.0 Å². The fourth-order valence-corrected chi connectivity index (χ4v) is 2.87. The molecule has 0 saturated carbocycles. The van der Waals surface area contributed by atoms with Gasteiger partial charge in [0.05, 0.1) is 17.2 Å². The van der Waals surface area contributed by atoms with E-state index in [-0.39, 0.29) is 24.4 Å². The Balaban J connectivity index is 1.94. The Morgan fingerprint density at radius 2 is 2.32 bits per heavy atom. The SMILES string of the molecule is CCCC1NC(=O)CN(CCc2csc(C)n2)C1=O. The van der Waals surface area contributed by atoms with Gasteiger partial charge in [0, 0.05) is 18.3 Å². The third-order valence-electron chi connectivity index (χ3n) is 3.16. The molecule has 0 aliphatic carbocycles. The number of amides is 2. The monoisotopic (exact) mass is 281 g/mol. The molecule has 1 saturated heterocycles. The van der Waals surface area contributed by atoms with Crippen molar-refractivity contribution >= 4 is 23.2 Å². The molecule has 104 valence electrons. The van der Waals surface area contributed by atoms with E-state index in [0.717, 1.165) is 17.1 Å². The summed E-state index contributed by atoms with van der Waals surface area (Å²) in [6, 6.07) is -0.344. The summed E-state index contributed by atoms with van der Waals surface area (Å²) < 4.78 is 0. The van der Waals surface area contributed by atoms with Crippen molar-refractivity contribution in [2.45, 2.75) is 39.2 Å². The van der Waals surface area contributed by atoms with Crippen LogP contribution in [0.4, 0.5) is 0 Å². The van der Waals surface area contributed by atoms with Gasteiger partial charge in [-0.25, -0.2) is 4.98 Å². The summed E-state index contributed by atoms with van der Waals surface area (Å²) in [5.74, 6) is -0.0269. The van der Waals surface area contributed by atoms with Crippen LogP contribution in [0, 0.1) is 6.92 Å². The lowest BCUT2D eigenvalue weighted by molar-refractivity contribution is -0.144. The molecule has 1 aromatic heterocycles. The summed E-state index contributed by atoms with van der Waals surface area (Å²) in [5, 5.41) is 5.79. The fraction of sp³-hybridized carbons (Fsp3) is 0.615. The smallest absolute Gasteiger partial charge is 0.245 e. The first-order valence-corrected chi connectivity index (χ1v) is 7.47. The van der Waals surface area contributed by atoms with Crippen LogP contribution >= 0.6 is 11.3 Å². The van der Waals surface area contributed by atoms with E-state index in [2.05, 4.69) is 10.3 Å². The molecule has 1 atom stereocenters. The average molecular weight is 281 g/mol. The molecule has 2 amide bonds. The summed E-state index contributed by atoms with van der Waals surface area (Å²) in [6.45, 7) is 4.71.